The molecule has 1 fully saturated rings. The summed E-state index contributed by atoms with van der Waals surface area (Å²) in [6.45, 7) is 9.46. The van der Waals surface area contributed by atoms with Gasteiger partial charge in [0.15, 0.2) is 23.0 Å². The Morgan fingerprint density at radius 1 is 0.980 bits per heavy atom. The second kappa shape index (κ2) is 15.3. The van der Waals surface area contributed by atoms with Gasteiger partial charge in [0.1, 0.15) is 17.3 Å². The second-order valence-electron chi connectivity index (χ2n) is 11.5. The molecule has 0 bridgehead atoms. The third-order valence-electron chi connectivity index (χ3n) is 8.04. The van der Waals surface area contributed by atoms with E-state index in [2.05, 4.69) is 25.6 Å². The quantitative estimate of drug-likeness (QED) is 0.143. The summed E-state index contributed by atoms with van der Waals surface area (Å²) in [5, 5.41) is 11.0. The van der Waals surface area contributed by atoms with Gasteiger partial charge in [0.05, 0.1) is 37.7 Å². The first-order valence-electron chi connectivity index (χ1n) is 16.1. The summed E-state index contributed by atoms with van der Waals surface area (Å²) in [5.74, 6) is -0.234. The third kappa shape index (κ3) is 8.07. The van der Waals surface area contributed by atoms with E-state index in [0.717, 1.165) is 45.2 Å². The lowest BCUT2D eigenvalue weighted by molar-refractivity contribution is 0.101. The fourth-order valence-corrected chi connectivity index (χ4v) is 5.59. The van der Waals surface area contributed by atoms with Gasteiger partial charge in [-0.2, -0.15) is 5.10 Å². The summed E-state index contributed by atoms with van der Waals surface area (Å²) in [5.41, 5.74) is 1.95. The maximum atomic E-state index is 15.4. The molecule has 0 aliphatic carbocycles. The molecule has 11 nitrogen and oxygen atoms in total. The minimum atomic E-state index is -0.705. The summed E-state index contributed by atoms with van der Waals surface area (Å²) in [6.07, 6.45) is 2.45. The summed E-state index contributed by atoms with van der Waals surface area (Å²) in [7, 11) is 1.49. The molecule has 0 spiro atoms. The minimum Gasteiger partial charge on any atom is -0.493 e. The van der Waals surface area contributed by atoms with Crippen LogP contribution in [0.2, 0.25) is 0 Å². The lowest BCUT2D eigenvalue weighted by Gasteiger charge is -2.26. The number of nitrogens with zero attached hydrogens (tertiary/aromatic N) is 4. The van der Waals surface area contributed by atoms with Gasteiger partial charge in [-0.25, -0.2) is 18.4 Å². The first-order valence-corrected chi connectivity index (χ1v) is 16.1. The summed E-state index contributed by atoms with van der Waals surface area (Å²) in [4.78, 5) is 20.2. The van der Waals surface area contributed by atoms with Crippen molar-refractivity contribution in [3.05, 3.63) is 89.8 Å². The summed E-state index contributed by atoms with van der Waals surface area (Å²) >= 11 is 0. The Hall–Kier alpha value is -5.27. The molecule has 3 aromatic carbocycles. The van der Waals surface area contributed by atoms with Crippen LogP contribution in [-0.2, 0) is 0 Å². The van der Waals surface area contributed by atoms with Gasteiger partial charge in [-0.05, 0) is 68.3 Å². The fourth-order valence-electron chi connectivity index (χ4n) is 5.59. The highest BCUT2D eigenvalue weighted by atomic mass is 19.1. The first-order chi connectivity index (χ1) is 23.8. The molecular formula is C36H38F2N6O5. The van der Waals surface area contributed by atoms with Crippen molar-refractivity contribution in [2.45, 2.75) is 20.3 Å². The maximum absolute atomic E-state index is 15.4. The molecule has 2 N–H and O–H groups in total. The molecule has 5 aromatic rings. The Morgan fingerprint density at radius 2 is 1.82 bits per heavy atom. The van der Waals surface area contributed by atoms with E-state index in [-0.39, 0.29) is 35.3 Å². The fraction of sp³-hybridized carbons (Fsp3) is 0.306. The number of carbonyl (C=O) groups is 1. The van der Waals surface area contributed by atoms with E-state index in [9.17, 15) is 9.18 Å². The number of hydrogen-bond acceptors (Lipinski definition) is 9. The number of aromatic nitrogens is 3. The molecule has 3 heterocycles. The van der Waals surface area contributed by atoms with Crippen molar-refractivity contribution >= 4 is 22.5 Å². The first kappa shape index (κ1) is 33.6. The molecule has 0 unspecified atom stereocenters. The van der Waals surface area contributed by atoms with Crippen molar-refractivity contribution in [2.75, 3.05) is 58.4 Å². The van der Waals surface area contributed by atoms with Crippen molar-refractivity contribution in [2.24, 2.45) is 0 Å². The Labute approximate surface area is 282 Å². The van der Waals surface area contributed by atoms with Gasteiger partial charge < -0.3 is 34.5 Å². The van der Waals surface area contributed by atoms with Crippen molar-refractivity contribution in [3.8, 4) is 34.6 Å². The van der Waals surface area contributed by atoms with E-state index in [1.165, 1.54) is 36.1 Å². The SMILES string of the molecule is CCOc1cn(-c2ccc(F)cc2C)nc1C(=O)Nc1ccc(Oc2cc(OC)nc3cc(OCCCN4CCNCC4)ccc23)c(F)c1. The molecule has 1 amide bonds. The molecule has 1 saturated heterocycles. The van der Waals surface area contributed by atoms with Crippen LogP contribution in [0.3, 0.4) is 0 Å². The Balaban J connectivity index is 1.15. The predicted molar refractivity (Wildman–Crippen MR) is 182 cm³/mol. The zero-order valence-electron chi connectivity index (χ0n) is 27.6. The van der Waals surface area contributed by atoms with Gasteiger partial charge in [-0.1, -0.05) is 0 Å². The molecule has 256 valence electrons. The number of rotatable bonds is 13. The number of benzene rings is 3. The number of methoxy groups -OCH3 is 1. The molecule has 2 aromatic heterocycles. The van der Waals surface area contributed by atoms with Crippen molar-refractivity contribution in [1.29, 1.82) is 0 Å². The largest absolute Gasteiger partial charge is 0.493 e. The van der Waals surface area contributed by atoms with Gasteiger partial charge in [-0.15, -0.1) is 0 Å². The zero-order valence-corrected chi connectivity index (χ0v) is 27.6. The number of fused-ring (bicyclic) bond motifs is 1. The van der Waals surface area contributed by atoms with Gasteiger partial charge >= 0.3 is 0 Å². The van der Waals surface area contributed by atoms with Crippen LogP contribution in [0.15, 0.2) is 66.9 Å². The third-order valence-corrected chi connectivity index (χ3v) is 8.04. The molecule has 0 saturated carbocycles. The van der Waals surface area contributed by atoms with Gasteiger partial charge in [0.25, 0.3) is 5.91 Å². The summed E-state index contributed by atoms with van der Waals surface area (Å²) in [6, 6.07) is 15.4. The number of pyridine rings is 1. The molecule has 0 radical (unpaired) electrons. The van der Waals surface area contributed by atoms with Crippen LogP contribution in [0.1, 0.15) is 29.4 Å². The lowest BCUT2D eigenvalue weighted by atomic mass is 10.2. The minimum absolute atomic E-state index is 0.00967. The van der Waals surface area contributed by atoms with Gasteiger partial charge in [0, 0.05) is 62.0 Å². The topological polar surface area (TPSA) is 112 Å². The van der Waals surface area contributed by atoms with Gasteiger partial charge in [0.2, 0.25) is 5.88 Å². The molecular weight excluding hydrogens is 634 g/mol. The van der Waals surface area contributed by atoms with Gasteiger partial charge in [-0.3, -0.25) is 4.79 Å². The van der Waals surface area contributed by atoms with Crippen LogP contribution >= 0.6 is 0 Å². The number of piperazine rings is 1. The van der Waals surface area contributed by atoms with Crippen LogP contribution in [0.4, 0.5) is 14.5 Å². The van der Waals surface area contributed by atoms with E-state index in [4.69, 9.17) is 18.9 Å². The van der Waals surface area contributed by atoms with E-state index >= 15 is 4.39 Å². The number of nitrogens with one attached hydrogen (secondary N) is 2. The number of amides is 1. The number of aryl methyl sites for hydroxylation is 1. The Kier molecular flexibility index (Phi) is 10.5. The molecule has 1 aliphatic rings. The van der Waals surface area contributed by atoms with E-state index < -0.39 is 11.7 Å². The number of halogens is 2. The van der Waals surface area contributed by atoms with Crippen LogP contribution in [0.25, 0.3) is 16.6 Å². The van der Waals surface area contributed by atoms with E-state index in [0.29, 0.717) is 46.1 Å². The second-order valence-corrected chi connectivity index (χ2v) is 11.5. The smallest absolute Gasteiger partial charge is 0.280 e. The highest BCUT2D eigenvalue weighted by molar-refractivity contribution is 6.04. The average molecular weight is 673 g/mol. The number of ether oxygens (including phenoxy) is 4. The van der Waals surface area contributed by atoms with E-state index in [1.54, 1.807) is 38.2 Å². The number of hydrogen-bond donors (Lipinski definition) is 2. The lowest BCUT2D eigenvalue weighted by Crippen LogP contribution is -2.43. The predicted octanol–water partition coefficient (Wildman–Crippen LogP) is 6.13. The molecule has 49 heavy (non-hydrogen) atoms. The van der Waals surface area contributed by atoms with Crippen LogP contribution < -0.4 is 29.6 Å². The van der Waals surface area contributed by atoms with Crippen LogP contribution in [-0.4, -0.2) is 78.6 Å². The number of anilines is 1. The van der Waals surface area contributed by atoms with Crippen LogP contribution in [0.5, 0.6) is 28.9 Å². The number of carbonyl (C=O) groups excluding carboxylic acids is 1. The molecule has 6 rings (SSSR count). The van der Waals surface area contributed by atoms with Crippen molar-refractivity contribution in [1.82, 2.24) is 25.0 Å². The molecule has 13 heteroatoms. The summed E-state index contributed by atoms with van der Waals surface area (Å²) < 4.78 is 53.6. The highest BCUT2D eigenvalue weighted by Gasteiger charge is 2.21. The van der Waals surface area contributed by atoms with Crippen molar-refractivity contribution < 1.29 is 32.5 Å². The average Bonchev–Trinajstić information content (AvgIpc) is 3.52. The normalized spacial score (nSPS) is 13.3. The Morgan fingerprint density at radius 3 is 2.57 bits per heavy atom. The molecule has 1 aliphatic heterocycles. The maximum Gasteiger partial charge on any atom is 0.280 e. The molecule has 0 atom stereocenters. The van der Waals surface area contributed by atoms with Crippen molar-refractivity contribution in [3.63, 3.8) is 0 Å². The zero-order chi connectivity index (χ0) is 34.3. The van der Waals surface area contributed by atoms with Crippen LogP contribution in [0, 0.1) is 18.6 Å². The Bertz CT molecular complexity index is 1950. The van der Waals surface area contributed by atoms with E-state index in [1.807, 2.05) is 12.1 Å². The standard InChI is InChI=1S/C36H38F2N6O5/c1-4-47-33-22-44(30-10-6-24(37)18-23(30)2)42-35(33)36(45)40-25-7-11-31(28(38)19-25)49-32-21-34(46-3)41-29-20-26(8-9-27(29)32)48-17-5-14-43-15-12-39-13-16-43/h6-11,18-22,39H,4-5,12-17H2,1-3H3,(H,40,45). The monoisotopic (exact) mass is 672 g/mol. The highest BCUT2D eigenvalue weighted by Crippen LogP contribution is 2.36.